The number of nitrogens with one attached hydrogen (secondary N) is 1. The van der Waals surface area contributed by atoms with E-state index in [1.54, 1.807) is 11.3 Å². The summed E-state index contributed by atoms with van der Waals surface area (Å²) in [7, 11) is 0. The zero-order chi connectivity index (χ0) is 11.0. The van der Waals surface area contributed by atoms with Crippen LogP contribution in [-0.2, 0) is 6.54 Å². The van der Waals surface area contributed by atoms with Gasteiger partial charge in [0.05, 0.1) is 0 Å². The second-order valence-corrected chi connectivity index (χ2v) is 4.51. The van der Waals surface area contributed by atoms with Crippen LogP contribution in [0.5, 0.6) is 0 Å². The molecule has 3 aromatic rings. The molecule has 3 heteroatoms. The molecule has 2 aromatic heterocycles. The van der Waals surface area contributed by atoms with Gasteiger partial charge in [0, 0.05) is 29.2 Å². The van der Waals surface area contributed by atoms with Crippen molar-refractivity contribution in [2.45, 2.75) is 6.54 Å². The lowest BCUT2D eigenvalue weighted by Crippen LogP contribution is -1.95. The van der Waals surface area contributed by atoms with Crippen LogP contribution in [0.3, 0.4) is 0 Å². The predicted molar refractivity (Wildman–Crippen MR) is 69.5 cm³/mol. The number of nitrogens with two attached hydrogens (primary N) is 1. The van der Waals surface area contributed by atoms with Gasteiger partial charge in [0.25, 0.3) is 0 Å². The Balaban J connectivity index is 2.26. The number of aromatic nitrogens is 1. The third-order valence-electron chi connectivity index (χ3n) is 2.84. The van der Waals surface area contributed by atoms with Crippen LogP contribution in [0, 0.1) is 0 Å². The molecule has 2 heterocycles. The van der Waals surface area contributed by atoms with Gasteiger partial charge in [0.1, 0.15) is 0 Å². The maximum atomic E-state index is 5.74. The first-order valence-corrected chi connectivity index (χ1v) is 6.16. The quantitative estimate of drug-likeness (QED) is 0.694. The van der Waals surface area contributed by atoms with E-state index in [1.165, 1.54) is 27.6 Å². The highest BCUT2D eigenvalue weighted by molar-refractivity contribution is 7.08. The van der Waals surface area contributed by atoms with Crippen molar-refractivity contribution < 1.29 is 0 Å². The lowest BCUT2D eigenvalue weighted by molar-refractivity contribution is 1.08. The van der Waals surface area contributed by atoms with Gasteiger partial charge < -0.3 is 10.7 Å². The summed E-state index contributed by atoms with van der Waals surface area (Å²) in [6.07, 6.45) is 2.06. The topological polar surface area (TPSA) is 41.8 Å². The molecule has 0 amide bonds. The molecule has 3 N–H and O–H groups in total. The molecule has 3 rings (SSSR count). The summed E-state index contributed by atoms with van der Waals surface area (Å²) in [4.78, 5) is 3.29. The van der Waals surface area contributed by atoms with Gasteiger partial charge in [-0.1, -0.05) is 18.2 Å². The highest BCUT2D eigenvalue weighted by Crippen LogP contribution is 2.32. The van der Waals surface area contributed by atoms with E-state index in [0.717, 1.165) is 0 Å². The van der Waals surface area contributed by atoms with E-state index in [0.29, 0.717) is 6.54 Å². The number of hydrogen-bond acceptors (Lipinski definition) is 2. The van der Waals surface area contributed by atoms with Gasteiger partial charge >= 0.3 is 0 Å². The fraction of sp³-hybridized carbons (Fsp3) is 0.0769. The molecule has 0 aliphatic heterocycles. The predicted octanol–water partition coefficient (Wildman–Crippen LogP) is 3.36. The highest BCUT2D eigenvalue weighted by Gasteiger charge is 2.09. The number of fused-ring (bicyclic) bond motifs is 1. The van der Waals surface area contributed by atoms with Crippen molar-refractivity contribution in [2.24, 2.45) is 5.73 Å². The van der Waals surface area contributed by atoms with E-state index < -0.39 is 0 Å². The van der Waals surface area contributed by atoms with Crippen LogP contribution in [0.4, 0.5) is 0 Å². The third kappa shape index (κ3) is 1.37. The summed E-state index contributed by atoms with van der Waals surface area (Å²) >= 11 is 1.70. The van der Waals surface area contributed by atoms with Crippen LogP contribution < -0.4 is 5.73 Å². The van der Waals surface area contributed by atoms with E-state index in [2.05, 4.69) is 40.1 Å². The lowest BCUT2D eigenvalue weighted by Gasteiger charge is -1.99. The Morgan fingerprint density at radius 2 is 2.00 bits per heavy atom. The van der Waals surface area contributed by atoms with Crippen molar-refractivity contribution in [3.8, 4) is 11.1 Å². The molecule has 16 heavy (non-hydrogen) atoms. The van der Waals surface area contributed by atoms with Crippen LogP contribution in [0.2, 0.25) is 0 Å². The molecule has 0 fully saturated rings. The SMILES string of the molecule is NCc1cscc1-c1c[nH]c2ccccc12. The van der Waals surface area contributed by atoms with E-state index in [9.17, 15) is 0 Å². The zero-order valence-corrected chi connectivity index (χ0v) is 9.55. The van der Waals surface area contributed by atoms with Crippen molar-refractivity contribution in [1.82, 2.24) is 4.98 Å². The average molecular weight is 228 g/mol. The Hall–Kier alpha value is -1.58. The molecule has 80 valence electrons. The van der Waals surface area contributed by atoms with Gasteiger partial charge in [-0.25, -0.2) is 0 Å². The van der Waals surface area contributed by atoms with E-state index >= 15 is 0 Å². The first-order valence-electron chi connectivity index (χ1n) is 5.22. The van der Waals surface area contributed by atoms with E-state index in [4.69, 9.17) is 5.73 Å². The zero-order valence-electron chi connectivity index (χ0n) is 8.73. The minimum Gasteiger partial charge on any atom is -0.361 e. The minimum absolute atomic E-state index is 0.596. The van der Waals surface area contributed by atoms with Crippen LogP contribution in [0.15, 0.2) is 41.2 Å². The van der Waals surface area contributed by atoms with Crippen molar-refractivity contribution in [3.05, 3.63) is 46.8 Å². The molecule has 0 aliphatic carbocycles. The van der Waals surface area contributed by atoms with Crippen molar-refractivity contribution >= 4 is 22.2 Å². The van der Waals surface area contributed by atoms with E-state index in [-0.39, 0.29) is 0 Å². The summed E-state index contributed by atoms with van der Waals surface area (Å²) in [5.74, 6) is 0. The number of rotatable bonds is 2. The van der Waals surface area contributed by atoms with Crippen molar-refractivity contribution in [1.29, 1.82) is 0 Å². The van der Waals surface area contributed by atoms with Crippen LogP contribution in [0.1, 0.15) is 5.56 Å². The molecular formula is C13H12N2S. The number of para-hydroxylation sites is 1. The Morgan fingerprint density at radius 3 is 2.88 bits per heavy atom. The minimum atomic E-state index is 0.596. The smallest absolute Gasteiger partial charge is 0.0460 e. The Kier molecular flexibility index (Phi) is 2.27. The van der Waals surface area contributed by atoms with Gasteiger partial charge in [-0.3, -0.25) is 0 Å². The lowest BCUT2D eigenvalue weighted by atomic mass is 10.0. The molecule has 0 saturated heterocycles. The number of H-pyrrole nitrogens is 1. The molecule has 2 nitrogen and oxygen atoms in total. The maximum absolute atomic E-state index is 5.74. The number of benzene rings is 1. The second kappa shape index (κ2) is 3.77. The maximum Gasteiger partial charge on any atom is 0.0460 e. The van der Waals surface area contributed by atoms with Gasteiger partial charge in [-0.15, -0.1) is 0 Å². The normalized spacial score (nSPS) is 11.1. The van der Waals surface area contributed by atoms with Crippen molar-refractivity contribution in [3.63, 3.8) is 0 Å². The first kappa shape index (κ1) is 9.63. The van der Waals surface area contributed by atoms with Gasteiger partial charge in [0.15, 0.2) is 0 Å². The highest BCUT2D eigenvalue weighted by atomic mass is 32.1. The first-order chi connectivity index (χ1) is 7.90. The summed E-state index contributed by atoms with van der Waals surface area (Å²) in [5, 5.41) is 5.55. The van der Waals surface area contributed by atoms with Crippen LogP contribution in [0.25, 0.3) is 22.0 Å². The monoisotopic (exact) mass is 228 g/mol. The summed E-state index contributed by atoms with van der Waals surface area (Å²) in [6.45, 7) is 0.596. The Morgan fingerprint density at radius 1 is 1.12 bits per heavy atom. The summed E-state index contributed by atoms with van der Waals surface area (Å²) < 4.78 is 0. The number of aromatic amines is 1. The number of thiophene rings is 1. The van der Waals surface area contributed by atoms with Crippen molar-refractivity contribution in [2.75, 3.05) is 0 Å². The molecule has 0 radical (unpaired) electrons. The molecule has 0 atom stereocenters. The molecule has 1 aromatic carbocycles. The fourth-order valence-electron chi connectivity index (χ4n) is 2.01. The Labute approximate surface area is 97.7 Å². The third-order valence-corrected chi connectivity index (χ3v) is 3.63. The molecular weight excluding hydrogens is 216 g/mol. The Bertz CT molecular complexity index is 621. The van der Waals surface area contributed by atoms with Crippen LogP contribution in [-0.4, -0.2) is 4.98 Å². The number of hydrogen-bond donors (Lipinski definition) is 2. The molecule has 0 aliphatic rings. The molecule has 0 bridgehead atoms. The molecule has 0 unspecified atom stereocenters. The standard InChI is InChI=1S/C13H12N2S/c14-5-9-7-16-8-12(9)11-6-15-13-4-2-1-3-10(11)13/h1-4,6-8,15H,5,14H2. The summed E-state index contributed by atoms with van der Waals surface area (Å²) in [5.41, 5.74) is 10.6. The summed E-state index contributed by atoms with van der Waals surface area (Å²) in [6, 6.07) is 8.33. The fourth-order valence-corrected chi connectivity index (χ4v) is 2.88. The van der Waals surface area contributed by atoms with Gasteiger partial charge in [0.2, 0.25) is 0 Å². The molecule has 0 spiro atoms. The van der Waals surface area contributed by atoms with Crippen LogP contribution >= 0.6 is 11.3 Å². The second-order valence-electron chi connectivity index (χ2n) is 3.76. The van der Waals surface area contributed by atoms with E-state index in [1.807, 2.05) is 6.07 Å². The largest absolute Gasteiger partial charge is 0.361 e. The van der Waals surface area contributed by atoms with Gasteiger partial charge in [-0.05, 0) is 28.0 Å². The molecule has 0 saturated carbocycles. The van der Waals surface area contributed by atoms with Gasteiger partial charge in [-0.2, -0.15) is 11.3 Å². The average Bonchev–Trinajstić information content (AvgIpc) is 2.94.